The fourth-order valence-corrected chi connectivity index (χ4v) is 2.54. The molecule has 2 unspecified atom stereocenters. The summed E-state index contributed by atoms with van der Waals surface area (Å²) < 4.78 is 10.9. The summed E-state index contributed by atoms with van der Waals surface area (Å²) >= 11 is 0. The normalized spacial score (nSPS) is 14.3. The summed E-state index contributed by atoms with van der Waals surface area (Å²) in [6.45, 7) is 6.28. The molecule has 0 fully saturated rings. The minimum absolute atomic E-state index is 0.179. The average molecular weight is 304 g/mol. The van der Waals surface area contributed by atoms with Crippen LogP contribution in [0.3, 0.4) is 0 Å². The third-order valence-electron chi connectivity index (χ3n) is 3.81. The van der Waals surface area contributed by atoms with E-state index in [9.17, 15) is 4.79 Å². The molecule has 0 spiro atoms. The third kappa shape index (κ3) is 3.31. The molecule has 5 heteroatoms. The van der Waals surface area contributed by atoms with Crippen molar-refractivity contribution in [1.29, 1.82) is 0 Å². The average Bonchev–Trinajstić information content (AvgIpc) is 2.82. The van der Waals surface area contributed by atoms with Gasteiger partial charge in [0.1, 0.15) is 17.4 Å². The van der Waals surface area contributed by atoms with E-state index in [1.807, 2.05) is 45.0 Å². The van der Waals surface area contributed by atoms with Crippen molar-refractivity contribution in [2.24, 2.45) is 11.7 Å². The molecule has 3 N–H and O–H groups in total. The second-order valence-corrected chi connectivity index (χ2v) is 5.88. The molecule has 0 aliphatic carbocycles. The van der Waals surface area contributed by atoms with Crippen LogP contribution < -0.4 is 11.1 Å². The molecule has 0 radical (unpaired) electrons. The van der Waals surface area contributed by atoms with Crippen molar-refractivity contribution in [1.82, 2.24) is 5.32 Å². The Kier molecular flexibility index (Phi) is 5.21. The number of hydrogen-bond acceptors (Lipinski definition) is 4. The number of fused-ring (bicyclic) bond motifs is 1. The Balaban J connectivity index is 2.30. The van der Waals surface area contributed by atoms with Gasteiger partial charge in [-0.2, -0.15) is 0 Å². The summed E-state index contributed by atoms with van der Waals surface area (Å²) in [5.41, 5.74) is 7.68. The van der Waals surface area contributed by atoms with Crippen LogP contribution in [0.5, 0.6) is 0 Å². The number of ether oxygens (including phenoxy) is 1. The van der Waals surface area contributed by atoms with E-state index in [0.717, 1.165) is 22.3 Å². The highest BCUT2D eigenvalue weighted by molar-refractivity contribution is 5.84. The van der Waals surface area contributed by atoms with Crippen LogP contribution >= 0.6 is 0 Å². The molecule has 0 aliphatic rings. The minimum Gasteiger partial charge on any atom is -0.459 e. The number of amides is 1. The van der Waals surface area contributed by atoms with Crippen molar-refractivity contribution < 1.29 is 13.9 Å². The van der Waals surface area contributed by atoms with Gasteiger partial charge in [0.25, 0.3) is 0 Å². The number of carbonyl (C=O) groups excluding carboxylic acids is 1. The van der Waals surface area contributed by atoms with Gasteiger partial charge in [-0.25, -0.2) is 0 Å². The lowest BCUT2D eigenvalue weighted by Gasteiger charge is -2.23. The maximum absolute atomic E-state index is 12.2. The Labute approximate surface area is 130 Å². The summed E-state index contributed by atoms with van der Waals surface area (Å²) in [5, 5.41) is 4.05. The molecule has 120 valence electrons. The number of methoxy groups -OCH3 is 1. The van der Waals surface area contributed by atoms with Crippen molar-refractivity contribution in [3.63, 3.8) is 0 Å². The summed E-state index contributed by atoms with van der Waals surface area (Å²) in [4.78, 5) is 12.2. The van der Waals surface area contributed by atoms with Crippen molar-refractivity contribution in [3.05, 3.63) is 35.6 Å². The number of rotatable bonds is 6. The van der Waals surface area contributed by atoms with Gasteiger partial charge in [-0.3, -0.25) is 4.79 Å². The first kappa shape index (κ1) is 16.5. The lowest BCUT2D eigenvalue weighted by atomic mass is 9.98. The Hall–Kier alpha value is -1.85. The van der Waals surface area contributed by atoms with Crippen molar-refractivity contribution in [2.45, 2.75) is 32.9 Å². The number of nitrogens with one attached hydrogen (secondary N) is 1. The van der Waals surface area contributed by atoms with E-state index in [2.05, 4.69) is 5.32 Å². The van der Waals surface area contributed by atoms with Gasteiger partial charge in [0, 0.05) is 18.1 Å². The van der Waals surface area contributed by atoms with E-state index in [1.54, 1.807) is 0 Å². The lowest BCUT2D eigenvalue weighted by Crippen LogP contribution is -2.45. The molecule has 1 aromatic carbocycles. The topological polar surface area (TPSA) is 77.5 Å². The van der Waals surface area contributed by atoms with E-state index in [4.69, 9.17) is 14.9 Å². The van der Waals surface area contributed by atoms with Gasteiger partial charge < -0.3 is 20.2 Å². The molecule has 0 saturated carbocycles. The summed E-state index contributed by atoms with van der Waals surface area (Å²) in [5.74, 6) is 0.729. The second kappa shape index (κ2) is 6.94. The fourth-order valence-electron chi connectivity index (χ4n) is 2.54. The molecule has 0 bridgehead atoms. The molecule has 5 nitrogen and oxygen atoms in total. The van der Waals surface area contributed by atoms with Crippen LogP contribution in [0.4, 0.5) is 0 Å². The van der Waals surface area contributed by atoms with Crippen LogP contribution in [0.1, 0.15) is 31.2 Å². The maximum Gasteiger partial charge on any atom is 0.239 e. The number of carbonyl (C=O) groups is 1. The Morgan fingerprint density at radius 1 is 1.36 bits per heavy atom. The summed E-state index contributed by atoms with van der Waals surface area (Å²) in [6.07, 6.45) is 0. The number of benzene rings is 1. The molecule has 2 aromatic rings. The summed E-state index contributed by atoms with van der Waals surface area (Å²) in [6, 6.07) is 6.96. The predicted molar refractivity (Wildman–Crippen MR) is 86.5 cm³/mol. The Bertz CT molecular complexity index is 648. The molecular weight excluding hydrogens is 280 g/mol. The molecule has 2 rings (SSSR count). The smallest absolute Gasteiger partial charge is 0.239 e. The first-order valence-electron chi connectivity index (χ1n) is 7.48. The van der Waals surface area contributed by atoms with E-state index >= 15 is 0 Å². The van der Waals surface area contributed by atoms with Gasteiger partial charge >= 0.3 is 0 Å². The van der Waals surface area contributed by atoms with E-state index in [0.29, 0.717) is 0 Å². The highest BCUT2D eigenvalue weighted by atomic mass is 16.5. The van der Waals surface area contributed by atoms with Gasteiger partial charge in [-0.05, 0) is 18.9 Å². The van der Waals surface area contributed by atoms with Crippen molar-refractivity contribution in [3.8, 4) is 0 Å². The number of aryl methyl sites for hydroxylation is 1. The maximum atomic E-state index is 12.2. The van der Waals surface area contributed by atoms with Gasteiger partial charge in [0.05, 0.1) is 12.6 Å². The van der Waals surface area contributed by atoms with Gasteiger partial charge in [0.2, 0.25) is 5.91 Å². The molecule has 0 aliphatic heterocycles. The molecule has 1 amide bonds. The second-order valence-electron chi connectivity index (χ2n) is 5.88. The van der Waals surface area contributed by atoms with Crippen LogP contribution in [0, 0.1) is 12.8 Å². The highest BCUT2D eigenvalue weighted by Crippen LogP contribution is 2.32. The largest absolute Gasteiger partial charge is 0.459 e. The number of furan rings is 1. The first-order valence-corrected chi connectivity index (χ1v) is 7.48. The number of nitrogens with two attached hydrogens (primary N) is 1. The molecule has 22 heavy (non-hydrogen) atoms. The zero-order chi connectivity index (χ0) is 16.3. The van der Waals surface area contributed by atoms with Gasteiger partial charge in [-0.15, -0.1) is 0 Å². The van der Waals surface area contributed by atoms with Crippen LogP contribution in [-0.2, 0) is 9.53 Å². The third-order valence-corrected chi connectivity index (χ3v) is 3.81. The highest BCUT2D eigenvalue weighted by Gasteiger charge is 2.26. The quantitative estimate of drug-likeness (QED) is 0.859. The molecular formula is C17H24N2O3. The van der Waals surface area contributed by atoms with E-state index < -0.39 is 6.04 Å². The van der Waals surface area contributed by atoms with E-state index in [1.165, 1.54) is 7.11 Å². The van der Waals surface area contributed by atoms with Crippen LogP contribution in [0.15, 0.2) is 28.7 Å². The van der Waals surface area contributed by atoms with Gasteiger partial charge in [-0.1, -0.05) is 32.0 Å². The number of hydrogen-bond donors (Lipinski definition) is 2. The predicted octanol–water partition coefficient (Wildman–Crippen LogP) is 2.53. The van der Waals surface area contributed by atoms with Crippen LogP contribution in [0.2, 0.25) is 0 Å². The zero-order valence-corrected chi connectivity index (χ0v) is 13.6. The summed E-state index contributed by atoms with van der Waals surface area (Å²) in [7, 11) is 1.52. The van der Waals surface area contributed by atoms with Gasteiger partial charge in [0.15, 0.2) is 0 Å². The Morgan fingerprint density at radius 3 is 2.64 bits per heavy atom. The molecule has 1 heterocycles. The first-order chi connectivity index (χ1) is 10.5. The molecule has 2 atom stereocenters. The molecule has 0 saturated heterocycles. The number of para-hydroxylation sites is 1. The standard InChI is InChI=1S/C17H24N2O3/c1-10(2)15(19-17(20)13(18)9-21-4)16-11(3)12-7-5-6-8-14(12)22-16/h5-8,10,13,15H,9,18H2,1-4H3,(H,19,20). The van der Waals surface area contributed by atoms with Crippen molar-refractivity contribution >= 4 is 16.9 Å². The van der Waals surface area contributed by atoms with Crippen LogP contribution in [0.25, 0.3) is 11.0 Å². The zero-order valence-electron chi connectivity index (χ0n) is 13.6. The Morgan fingerprint density at radius 2 is 2.05 bits per heavy atom. The fraction of sp³-hybridized carbons (Fsp3) is 0.471. The van der Waals surface area contributed by atoms with Crippen molar-refractivity contribution in [2.75, 3.05) is 13.7 Å². The lowest BCUT2D eigenvalue weighted by molar-refractivity contribution is -0.124. The van der Waals surface area contributed by atoms with E-state index in [-0.39, 0.29) is 24.5 Å². The monoisotopic (exact) mass is 304 g/mol. The molecule has 1 aromatic heterocycles. The SMILES string of the molecule is COCC(N)C(=O)NC(c1oc2ccccc2c1C)C(C)C. The van der Waals surface area contributed by atoms with Crippen LogP contribution in [-0.4, -0.2) is 25.7 Å². The minimum atomic E-state index is -0.684.